The summed E-state index contributed by atoms with van der Waals surface area (Å²) < 4.78 is 45.2. The quantitative estimate of drug-likeness (QED) is 0.379. The predicted octanol–water partition coefficient (Wildman–Crippen LogP) is 3.30. The molecule has 0 saturated heterocycles. The lowest BCUT2D eigenvalue weighted by molar-refractivity contribution is -0.672. The van der Waals surface area contributed by atoms with E-state index < -0.39 is 23.3 Å². The summed E-state index contributed by atoms with van der Waals surface area (Å²) in [5, 5.41) is 2.61. The van der Waals surface area contributed by atoms with Crippen LogP contribution in [0, 0.1) is 13.8 Å². The summed E-state index contributed by atoms with van der Waals surface area (Å²) in [6.45, 7) is 3.33. The van der Waals surface area contributed by atoms with Crippen LogP contribution in [0.2, 0.25) is 0 Å². The first-order valence-electron chi connectivity index (χ1n) is 8.60. The molecule has 1 aromatic carbocycles. The highest BCUT2D eigenvalue weighted by Gasteiger charge is 2.37. The first kappa shape index (κ1) is 19.8. The molecule has 0 aliphatic carbocycles. The number of rotatable bonds is 3. The van der Waals surface area contributed by atoms with Crippen molar-refractivity contribution < 1.29 is 27.2 Å². The number of aryl methyl sites for hydroxylation is 2. The summed E-state index contributed by atoms with van der Waals surface area (Å²) in [6.07, 6.45) is -4.64. The molecule has 0 spiro atoms. The molecule has 4 rings (SSSR count). The first-order valence-corrected chi connectivity index (χ1v) is 9.41. The van der Waals surface area contributed by atoms with E-state index in [1.54, 1.807) is 24.3 Å². The molecule has 0 fully saturated rings. The number of anilines is 1. The Morgan fingerprint density at radius 3 is 2.53 bits per heavy atom. The number of carbonyl (C=O) groups is 1. The van der Waals surface area contributed by atoms with Crippen molar-refractivity contribution in [2.24, 2.45) is 0 Å². The lowest BCUT2D eigenvalue weighted by Gasteiger charge is -2.07. The number of H-pyrrole nitrogens is 1. The Labute approximate surface area is 170 Å². The van der Waals surface area contributed by atoms with E-state index >= 15 is 0 Å². The smallest absolute Gasteiger partial charge is 0.397 e. The molecule has 3 aromatic heterocycles. The van der Waals surface area contributed by atoms with Crippen molar-refractivity contribution in [3.05, 3.63) is 68.1 Å². The van der Waals surface area contributed by atoms with Crippen molar-refractivity contribution in [2.75, 3.05) is 5.73 Å². The summed E-state index contributed by atoms with van der Waals surface area (Å²) in [4.78, 5) is 28.9. The monoisotopic (exact) mass is 435 g/mol. The maximum atomic E-state index is 13.2. The molecule has 0 unspecified atom stereocenters. The van der Waals surface area contributed by atoms with Crippen LogP contribution >= 0.6 is 11.3 Å². The van der Waals surface area contributed by atoms with Gasteiger partial charge >= 0.3 is 17.5 Å². The first-order chi connectivity index (χ1) is 14.1. The minimum atomic E-state index is -4.64. The zero-order chi connectivity index (χ0) is 21.8. The number of benzene rings is 1. The Morgan fingerprint density at radius 2 is 1.90 bits per heavy atom. The van der Waals surface area contributed by atoms with Gasteiger partial charge in [0.15, 0.2) is 0 Å². The molecule has 0 atom stereocenters. The molecule has 30 heavy (non-hydrogen) atoms. The highest BCUT2D eigenvalue weighted by molar-refractivity contribution is 7.21. The number of aromatic amines is 1. The van der Waals surface area contributed by atoms with Crippen LogP contribution in [-0.2, 0) is 6.18 Å². The Bertz CT molecular complexity index is 1350. The van der Waals surface area contributed by atoms with Gasteiger partial charge in [-0.15, -0.1) is 11.3 Å². The fourth-order valence-electron chi connectivity index (χ4n) is 3.07. The van der Waals surface area contributed by atoms with Crippen LogP contribution in [0.3, 0.4) is 0 Å². The lowest BCUT2D eigenvalue weighted by atomic mass is 10.1. The number of fused-ring (bicyclic) bond motifs is 1. The van der Waals surface area contributed by atoms with Gasteiger partial charge in [-0.25, -0.2) is 9.78 Å². The highest BCUT2D eigenvalue weighted by atomic mass is 32.1. The van der Waals surface area contributed by atoms with Crippen molar-refractivity contribution in [3.63, 3.8) is 0 Å². The number of aromatic nitrogens is 3. The second kappa shape index (κ2) is 6.80. The van der Waals surface area contributed by atoms with Crippen LogP contribution in [0.25, 0.3) is 15.9 Å². The van der Waals surface area contributed by atoms with E-state index in [-0.39, 0.29) is 32.0 Å². The summed E-state index contributed by atoms with van der Waals surface area (Å²) in [5.74, 6) is -0.779. The molecule has 11 heteroatoms. The third-order valence-electron chi connectivity index (χ3n) is 4.55. The van der Waals surface area contributed by atoms with Crippen LogP contribution in [-0.4, -0.2) is 16.0 Å². The van der Waals surface area contributed by atoms with Gasteiger partial charge in [-0.05, 0) is 35.4 Å². The Hall–Kier alpha value is -3.47. The van der Waals surface area contributed by atoms with Crippen LogP contribution in [0.1, 0.15) is 32.2 Å². The number of nitrogens with zero attached hydrogens (tertiary/aromatic N) is 2. The van der Waals surface area contributed by atoms with E-state index in [4.69, 9.17) is 10.3 Å². The van der Waals surface area contributed by atoms with E-state index in [1.807, 2.05) is 6.92 Å². The molecule has 4 aromatic rings. The molecule has 0 bridgehead atoms. The zero-order valence-corrected chi connectivity index (χ0v) is 16.4. The number of hydrogen-bond acceptors (Lipinski definition) is 6. The third-order valence-corrected chi connectivity index (χ3v) is 5.64. The van der Waals surface area contributed by atoms with Crippen molar-refractivity contribution in [3.8, 4) is 5.69 Å². The second-order valence-electron chi connectivity index (χ2n) is 6.68. The number of ketones is 1. The summed E-state index contributed by atoms with van der Waals surface area (Å²) in [6, 6.07) is 7.78. The number of thiophene rings is 1. The molecule has 0 amide bonds. The Balaban J connectivity index is 1.88. The predicted molar refractivity (Wildman–Crippen MR) is 103 cm³/mol. The standard InChI is InChI=1S/C19H13F3N4O3S/c1-8-3-5-10(6-4-8)26-14(18(28)29-25-26)15(27)16-13(23)12-9(2)7-11(19(20,21)22)24-17(12)30-16/h3-7H,1-2H3,(H2-,23,25,27,28)/p+1. The van der Waals surface area contributed by atoms with Gasteiger partial charge in [-0.1, -0.05) is 17.7 Å². The van der Waals surface area contributed by atoms with Gasteiger partial charge in [-0.3, -0.25) is 9.32 Å². The average Bonchev–Trinajstić information content (AvgIpc) is 3.22. The number of hydrogen-bond donors (Lipinski definition) is 2. The SMILES string of the molecule is Cc1ccc(-[n+]2[nH]oc(=O)c2C(=O)c2sc3nc(C(F)(F)F)cc(C)c3c2N)cc1. The fraction of sp³-hybridized carbons (Fsp3) is 0.158. The van der Waals surface area contributed by atoms with Gasteiger partial charge in [0.2, 0.25) is 5.69 Å². The molecule has 0 saturated carbocycles. The molecule has 7 nitrogen and oxygen atoms in total. The lowest BCUT2D eigenvalue weighted by Crippen LogP contribution is -2.41. The van der Waals surface area contributed by atoms with Gasteiger partial charge in [-0.2, -0.15) is 13.2 Å². The van der Waals surface area contributed by atoms with Crippen molar-refractivity contribution >= 4 is 33.0 Å². The van der Waals surface area contributed by atoms with Gasteiger partial charge < -0.3 is 5.73 Å². The molecule has 0 aliphatic rings. The number of nitrogens with one attached hydrogen (secondary N) is 1. The number of halogens is 3. The molecule has 3 heterocycles. The van der Waals surface area contributed by atoms with E-state index in [9.17, 15) is 22.8 Å². The zero-order valence-electron chi connectivity index (χ0n) is 15.6. The summed E-state index contributed by atoms with van der Waals surface area (Å²) >= 11 is 0.696. The van der Waals surface area contributed by atoms with Crippen LogP contribution in [0.15, 0.2) is 39.6 Å². The van der Waals surface area contributed by atoms with Crippen molar-refractivity contribution in [1.29, 1.82) is 0 Å². The van der Waals surface area contributed by atoms with E-state index in [2.05, 4.69) is 10.3 Å². The molecule has 154 valence electrons. The number of nitrogens with two attached hydrogens (primary N) is 1. The summed E-state index contributed by atoms with van der Waals surface area (Å²) in [5.41, 5.74) is 5.34. The van der Waals surface area contributed by atoms with Crippen molar-refractivity contribution in [1.82, 2.24) is 10.3 Å². The molecular weight excluding hydrogens is 421 g/mol. The van der Waals surface area contributed by atoms with Crippen molar-refractivity contribution in [2.45, 2.75) is 20.0 Å². The van der Waals surface area contributed by atoms with E-state index in [0.717, 1.165) is 16.3 Å². The third kappa shape index (κ3) is 3.16. The number of nitrogen functional groups attached to an aromatic ring is 1. The van der Waals surface area contributed by atoms with Gasteiger partial charge in [0, 0.05) is 17.5 Å². The maximum absolute atomic E-state index is 13.2. The maximum Gasteiger partial charge on any atom is 0.439 e. The van der Waals surface area contributed by atoms with Crippen LogP contribution in [0.5, 0.6) is 0 Å². The largest absolute Gasteiger partial charge is 0.439 e. The number of alkyl halides is 3. The molecule has 3 N–H and O–H groups in total. The average molecular weight is 435 g/mol. The topological polar surface area (TPSA) is 106 Å². The number of carbonyl (C=O) groups excluding carboxylic acids is 1. The molecule has 0 aliphatic heterocycles. The van der Waals surface area contributed by atoms with E-state index in [0.29, 0.717) is 17.0 Å². The Kier molecular flexibility index (Phi) is 4.49. The van der Waals surface area contributed by atoms with Gasteiger partial charge in [0.25, 0.3) is 5.78 Å². The van der Waals surface area contributed by atoms with Crippen LogP contribution < -0.4 is 16.0 Å². The minimum absolute atomic E-state index is 0.0326. The normalized spacial score (nSPS) is 11.9. The highest BCUT2D eigenvalue weighted by Crippen LogP contribution is 2.38. The second-order valence-corrected chi connectivity index (χ2v) is 7.68. The minimum Gasteiger partial charge on any atom is -0.397 e. The molecule has 0 radical (unpaired) electrons. The summed E-state index contributed by atoms with van der Waals surface area (Å²) in [7, 11) is 0. The van der Waals surface area contributed by atoms with Gasteiger partial charge in [0.05, 0.1) is 5.69 Å². The number of pyridine rings is 1. The van der Waals surface area contributed by atoms with Crippen LogP contribution in [0.4, 0.5) is 18.9 Å². The van der Waals surface area contributed by atoms with E-state index in [1.165, 1.54) is 6.92 Å². The fourth-order valence-corrected chi connectivity index (χ4v) is 4.19. The Morgan fingerprint density at radius 1 is 1.23 bits per heavy atom. The van der Waals surface area contributed by atoms with Gasteiger partial charge in [0.1, 0.15) is 15.4 Å². The molecular formula is C19H14F3N4O3S+.